The molecule has 2 nitrogen and oxygen atoms in total. The molecule has 1 aliphatic rings. The van der Waals surface area contributed by atoms with Crippen molar-refractivity contribution in [3.8, 4) is 0 Å². The van der Waals surface area contributed by atoms with Crippen molar-refractivity contribution in [2.24, 2.45) is 0 Å². The Bertz CT molecular complexity index is 680. The number of hydrogen-bond acceptors (Lipinski definition) is 1. The van der Waals surface area contributed by atoms with Crippen LogP contribution in [0.4, 0.5) is 24.5 Å². The topological polar surface area (TPSA) is 20.3 Å². The molecule has 0 unspecified atom stereocenters. The number of hydrogen-bond donors (Lipinski definition) is 0. The van der Waals surface area contributed by atoms with Gasteiger partial charge in [0.25, 0.3) is 0 Å². The smallest absolute Gasteiger partial charge is 0.281 e. The van der Waals surface area contributed by atoms with Crippen LogP contribution in [0, 0.1) is 0 Å². The third-order valence-electron chi connectivity index (χ3n) is 3.53. The van der Waals surface area contributed by atoms with Crippen LogP contribution in [0.25, 0.3) is 0 Å². The maximum atomic E-state index is 12.9. The minimum Gasteiger partial charge on any atom is -0.281 e. The Morgan fingerprint density at radius 2 is 1.67 bits per heavy atom. The van der Waals surface area contributed by atoms with Gasteiger partial charge in [-0.05, 0) is 36.2 Å². The molecule has 0 spiro atoms. The van der Waals surface area contributed by atoms with Crippen LogP contribution in [0.3, 0.4) is 0 Å². The van der Waals surface area contributed by atoms with Gasteiger partial charge in [-0.3, -0.25) is 9.69 Å². The summed E-state index contributed by atoms with van der Waals surface area (Å²) in [5, 5.41) is 0. The molecule has 0 bridgehead atoms. The van der Waals surface area contributed by atoms with Crippen LogP contribution in [0.5, 0.6) is 0 Å². The van der Waals surface area contributed by atoms with Crippen molar-refractivity contribution in [1.29, 1.82) is 0 Å². The zero-order chi connectivity index (χ0) is 15.0. The van der Waals surface area contributed by atoms with Gasteiger partial charge in [-0.1, -0.05) is 24.3 Å². The van der Waals surface area contributed by atoms with Gasteiger partial charge in [0.2, 0.25) is 5.91 Å². The summed E-state index contributed by atoms with van der Waals surface area (Å²) < 4.78 is 38.6. The fourth-order valence-corrected chi connectivity index (χ4v) is 2.51. The van der Waals surface area contributed by atoms with Gasteiger partial charge < -0.3 is 0 Å². The maximum Gasteiger partial charge on any atom is 0.416 e. The minimum absolute atomic E-state index is 0.187. The number of para-hydroxylation sites is 1. The van der Waals surface area contributed by atoms with E-state index in [0.717, 1.165) is 17.7 Å². The van der Waals surface area contributed by atoms with E-state index in [1.54, 1.807) is 30.3 Å². The van der Waals surface area contributed by atoms with E-state index in [1.807, 2.05) is 0 Å². The molecule has 2 aromatic carbocycles. The van der Waals surface area contributed by atoms with Crippen LogP contribution in [0.1, 0.15) is 17.5 Å². The van der Waals surface area contributed by atoms with Crippen LogP contribution < -0.4 is 4.90 Å². The molecule has 1 amide bonds. The fraction of sp³-hybridized carbons (Fsp3) is 0.188. The molecule has 1 aliphatic heterocycles. The Morgan fingerprint density at radius 3 is 2.33 bits per heavy atom. The van der Waals surface area contributed by atoms with Crippen molar-refractivity contribution in [2.45, 2.75) is 19.0 Å². The predicted molar refractivity (Wildman–Crippen MR) is 73.4 cm³/mol. The Labute approximate surface area is 119 Å². The molecule has 0 saturated carbocycles. The highest BCUT2D eigenvalue weighted by Gasteiger charge is 2.33. The third-order valence-corrected chi connectivity index (χ3v) is 3.53. The average Bonchev–Trinajstić information content (AvgIpc) is 2.46. The molecule has 108 valence electrons. The largest absolute Gasteiger partial charge is 0.416 e. The first-order valence-corrected chi connectivity index (χ1v) is 6.55. The molecule has 0 aromatic heterocycles. The number of amides is 1. The van der Waals surface area contributed by atoms with E-state index >= 15 is 0 Å². The highest BCUT2D eigenvalue weighted by molar-refractivity contribution is 6.03. The fourth-order valence-electron chi connectivity index (χ4n) is 2.51. The molecule has 2 aromatic rings. The molecule has 0 saturated heterocycles. The number of anilines is 2. The lowest BCUT2D eigenvalue weighted by Crippen LogP contribution is -2.31. The summed E-state index contributed by atoms with van der Waals surface area (Å²) in [5.74, 6) is -0.187. The van der Waals surface area contributed by atoms with E-state index in [0.29, 0.717) is 24.2 Å². The SMILES string of the molecule is O=C1CCc2ccc(C(F)(F)F)cc2N1c1ccccc1. The lowest BCUT2D eigenvalue weighted by molar-refractivity contribution is -0.137. The number of carbonyl (C=O) groups excluding carboxylic acids is 1. The van der Waals surface area contributed by atoms with Gasteiger partial charge in [0, 0.05) is 12.1 Å². The standard InChI is InChI=1S/C16H12F3NO/c17-16(18,19)12-8-6-11-7-9-15(21)20(14(11)10-12)13-4-2-1-3-5-13/h1-6,8,10H,7,9H2. The number of rotatable bonds is 1. The molecule has 1 heterocycles. The number of aryl methyl sites for hydroxylation is 1. The zero-order valence-electron chi connectivity index (χ0n) is 11.0. The average molecular weight is 291 g/mol. The van der Waals surface area contributed by atoms with Crippen LogP contribution >= 0.6 is 0 Å². The van der Waals surface area contributed by atoms with Crippen LogP contribution in [0.15, 0.2) is 48.5 Å². The van der Waals surface area contributed by atoms with Crippen molar-refractivity contribution >= 4 is 17.3 Å². The number of benzene rings is 2. The van der Waals surface area contributed by atoms with Crippen LogP contribution in [0.2, 0.25) is 0 Å². The molecule has 0 radical (unpaired) electrons. The molecular weight excluding hydrogens is 279 g/mol. The van der Waals surface area contributed by atoms with Crippen LogP contribution in [-0.2, 0) is 17.4 Å². The molecule has 3 rings (SSSR count). The third kappa shape index (κ3) is 2.51. The summed E-state index contributed by atoms with van der Waals surface area (Å²) in [6, 6.07) is 12.3. The second-order valence-electron chi connectivity index (χ2n) is 4.91. The van der Waals surface area contributed by atoms with Crippen LogP contribution in [-0.4, -0.2) is 5.91 Å². The number of fused-ring (bicyclic) bond motifs is 1. The quantitative estimate of drug-likeness (QED) is 0.766. The van der Waals surface area contributed by atoms with E-state index in [9.17, 15) is 18.0 Å². The Hall–Kier alpha value is -2.30. The van der Waals surface area contributed by atoms with Gasteiger partial charge in [-0.15, -0.1) is 0 Å². The summed E-state index contributed by atoms with van der Waals surface area (Å²) in [7, 11) is 0. The summed E-state index contributed by atoms with van der Waals surface area (Å²) in [5.41, 5.74) is 0.929. The molecule has 0 N–H and O–H groups in total. The summed E-state index contributed by atoms with van der Waals surface area (Å²) in [6.45, 7) is 0. The molecular formula is C16H12F3NO. The first kappa shape index (κ1) is 13.7. The Balaban J connectivity index is 2.14. The highest BCUT2D eigenvalue weighted by atomic mass is 19.4. The van der Waals surface area contributed by atoms with E-state index in [4.69, 9.17) is 0 Å². The van der Waals surface area contributed by atoms with Gasteiger partial charge in [0.05, 0.1) is 11.3 Å². The molecule has 5 heteroatoms. The summed E-state index contributed by atoms with van der Waals surface area (Å²) >= 11 is 0. The maximum absolute atomic E-state index is 12.9. The van der Waals surface area contributed by atoms with Gasteiger partial charge >= 0.3 is 6.18 Å². The van der Waals surface area contributed by atoms with Crippen molar-refractivity contribution < 1.29 is 18.0 Å². The molecule has 0 aliphatic carbocycles. The number of carbonyl (C=O) groups is 1. The lowest BCUT2D eigenvalue weighted by Gasteiger charge is -2.30. The Kier molecular flexibility index (Phi) is 3.20. The normalized spacial score (nSPS) is 15.0. The van der Waals surface area contributed by atoms with Gasteiger partial charge in [0.15, 0.2) is 0 Å². The highest BCUT2D eigenvalue weighted by Crippen LogP contribution is 2.38. The van der Waals surface area contributed by atoms with Crippen molar-refractivity contribution in [2.75, 3.05) is 4.90 Å². The first-order chi connectivity index (χ1) is 9.97. The summed E-state index contributed by atoms with van der Waals surface area (Å²) in [6.07, 6.45) is -3.65. The Morgan fingerprint density at radius 1 is 0.952 bits per heavy atom. The van der Waals surface area contributed by atoms with E-state index in [2.05, 4.69) is 0 Å². The van der Waals surface area contributed by atoms with E-state index < -0.39 is 11.7 Å². The number of halogens is 3. The predicted octanol–water partition coefficient (Wildman–Crippen LogP) is 4.32. The van der Waals surface area contributed by atoms with Gasteiger partial charge in [-0.25, -0.2) is 0 Å². The van der Waals surface area contributed by atoms with E-state index in [1.165, 1.54) is 11.0 Å². The van der Waals surface area contributed by atoms with E-state index in [-0.39, 0.29) is 5.91 Å². The minimum atomic E-state index is -4.42. The molecule has 0 fully saturated rings. The lowest BCUT2D eigenvalue weighted by atomic mass is 9.98. The van der Waals surface area contributed by atoms with Gasteiger partial charge in [-0.2, -0.15) is 13.2 Å². The van der Waals surface area contributed by atoms with Crippen molar-refractivity contribution in [3.05, 3.63) is 59.7 Å². The van der Waals surface area contributed by atoms with Crippen molar-refractivity contribution in [1.82, 2.24) is 0 Å². The number of nitrogens with zero attached hydrogens (tertiary/aromatic N) is 1. The number of alkyl halides is 3. The van der Waals surface area contributed by atoms with Gasteiger partial charge in [0.1, 0.15) is 0 Å². The second kappa shape index (κ2) is 4.91. The zero-order valence-corrected chi connectivity index (χ0v) is 11.0. The molecule has 0 atom stereocenters. The monoisotopic (exact) mass is 291 g/mol. The van der Waals surface area contributed by atoms with Crippen molar-refractivity contribution in [3.63, 3.8) is 0 Å². The summed E-state index contributed by atoms with van der Waals surface area (Å²) in [4.78, 5) is 13.5. The molecule has 21 heavy (non-hydrogen) atoms. The first-order valence-electron chi connectivity index (χ1n) is 6.55. The second-order valence-corrected chi connectivity index (χ2v) is 4.91.